The molecule has 4 aromatic rings. The van der Waals surface area contributed by atoms with Crippen LogP contribution in [0.4, 0.5) is 5.82 Å². The molecule has 2 saturated heterocycles. The van der Waals surface area contributed by atoms with Gasteiger partial charge in [-0.05, 0) is 36.4 Å². The minimum Gasteiger partial charge on any atom is -0.371 e. The van der Waals surface area contributed by atoms with Crippen molar-refractivity contribution in [3.05, 3.63) is 48.0 Å². The number of aromatic nitrogens is 5. The van der Waals surface area contributed by atoms with Crippen molar-refractivity contribution >= 4 is 38.9 Å². The first-order valence-electron chi connectivity index (χ1n) is 10.4. The Labute approximate surface area is 182 Å². The summed E-state index contributed by atoms with van der Waals surface area (Å²) in [5.41, 5.74) is 0.954. The van der Waals surface area contributed by atoms with Crippen molar-refractivity contribution in [2.45, 2.75) is 18.4 Å². The molecular formula is C21H21N7O2S. The number of pyridine rings is 1. The lowest BCUT2D eigenvalue weighted by Gasteiger charge is -2.47. The Kier molecular flexibility index (Phi) is 4.35. The van der Waals surface area contributed by atoms with Gasteiger partial charge < -0.3 is 14.5 Å². The number of rotatable bonds is 2. The number of hydrogen-bond donors (Lipinski definition) is 0. The third-order valence-corrected chi connectivity index (χ3v) is 7.09. The topological polar surface area (TPSA) is 88.8 Å². The van der Waals surface area contributed by atoms with E-state index in [4.69, 9.17) is 4.74 Å². The minimum atomic E-state index is -0.262. The predicted octanol–water partition coefficient (Wildman–Crippen LogP) is 2.25. The number of likely N-dealkylation sites (tertiary alicyclic amines) is 1. The van der Waals surface area contributed by atoms with Crippen LogP contribution in [-0.2, 0) is 4.74 Å². The van der Waals surface area contributed by atoms with Gasteiger partial charge in [0.05, 0.1) is 17.6 Å². The predicted molar refractivity (Wildman–Crippen MR) is 116 cm³/mol. The average Bonchev–Trinajstić information content (AvgIpc) is 3.48. The Hall–Kier alpha value is -3.11. The molecule has 0 aliphatic carbocycles. The lowest BCUT2D eigenvalue weighted by atomic mass is 9.89. The molecule has 0 bridgehead atoms. The maximum absolute atomic E-state index is 13.2. The summed E-state index contributed by atoms with van der Waals surface area (Å²) in [5.74, 6) is 0.958. The number of carbonyl (C=O) groups excluding carboxylic acids is 1. The van der Waals surface area contributed by atoms with Crippen molar-refractivity contribution in [2.75, 3.05) is 37.7 Å². The molecule has 2 fully saturated rings. The number of carbonyl (C=O) groups is 1. The summed E-state index contributed by atoms with van der Waals surface area (Å²) >= 11 is 1.63. The Balaban J connectivity index is 1.20. The van der Waals surface area contributed by atoms with E-state index in [2.05, 4.69) is 36.4 Å². The number of nitrogens with zero attached hydrogens (tertiary/aromatic N) is 7. The van der Waals surface area contributed by atoms with Gasteiger partial charge >= 0.3 is 0 Å². The van der Waals surface area contributed by atoms with E-state index in [0.29, 0.717) is 31.0 Å². The number of hydrogen-bond acceptors (Lipinski definition) is 8. The molecular weight excluding hydrogens is 414 g/mol. The Bertz CT molecular complexity index is 1260. The largest absolute Gasteiger partial charge is 0.371 e. The normalized spacial score (nSPS) is 18.8. The molecule has 0 atom stereocenters. The summed E-state index contributed by atoms with van der Waals surface area (Å²) < 4.78 is 7.90. The zero-order valence-electron chi connectivity index (χ0n) is 16.8. The minimum absolute atomic E-state index is 0.0191. The molecule has 2 aliphatic rings. The van der Waals surface area contributed by atoms with Gasteiger partial charge in [-0.25, -0.2) is 19.5 Å². The molecule has 6 rings (SSSR count). The summed E-state index contributed by atoms with van der Waals surface area (Å²) in [6.45, 7) is 3.53. The smallest absolute Gasteiger partial charge is 0.272 e. The molecule has 9 nitrogen and oxygen atoms in total. The van der Waals surface area contributed by atoms with E-state index in [1.165, 1.54) is 6.33 Å². The summed E-state index contributed by atoms with van der Waals surface area (Å²) in [6, 6.07) is 7.58. The highest BCUT2D eigenvalue weighted by Crippen LogP contribution is 2.34. The summed E-state index contributed by atoms with van der Waals surface area (Å²) in [5, 5.41) is 7.35. The van der Waals surface area contributed by atoms with E-state index in [1.54, 1.807) is 28.2 Å². The van der Waals surface area contributed by atoms with E-state index in [9.17, 15) is 4.79 Å². The van der Waals surface area contributed by atoms with Crippen LogP contribution in [0.15, 0.2) is 42.3 Å². The Morgan fingerprint density at radius 2 is 1.97 bits per heavy atom. The molecule has 158 valence electrons. The number of piperidine rings is 1. The second-order valence-electron chi connectivity index (χ2n) is 8.02. The second kappa shape index (κ2) is 7.24. The Morgan fingerprint density at radius 3 is 2.87 bits per heavy atom. The van der Waals surface area contributed by atoms with Crippen LogP contribution < -0.4 is 4.90 Å². The van der Waals surface area contributed by atoms with E-state index >= 15 is 0 Å². The molecule has 4 aromatic heterocycles. The number of amides is 1. The van der Waals surface area contributed by atoms with Gasteiger partial charge in [0.1, 0.15) is 29.0 Å². The molecule has 0 aromatic carbocycles. The quantitative estimate of drug-likeness (QED) is 0.477. The number of morpholine rings is 1. The fourth-order valence-electron chi connectivity index (χ4n) is 4.64. The first-order chi connectivity index (χ1) is 15.2. The fraction of sp³-hybridized carbons (Fsp3) is 0.381. The molecule has 10 heteroatoms. The molecule has 1 spiro atoms. The summed E-state index contributed by atoms with van der Waals surface area (Å²) in [6.07, 6.45) is 4.70. The molecule has 31 heavy (non-hydrogen) atoms. The van der Waals surface area contributed by atoms with Gasteiger partial charge in [0.25, 0.3) is 5.91 Å². The summed E-state index contributed by atoms with van der Waals surface area (Å²) in [4.78, 5) is 31.5. The van der Waals surface area contributed by atoms with Crippen LogP contribution in [0.1, 0.15) is 23.3 Å². The lowest BCUT2D eigenvalue weighted by Crippen LogP contribution is -2.58. The monoisotopic (exact) mass is 435 g/mol. The van der Waals surface area contributed by atoms with Gasteiger partial charge in [-0.15, -0.1) is 11.3 Å². The van der Waals surface area contributed by atoms with Crippen LogP contribution in [0.5, 0.6) is 0 Å². The first-order valence-corrected chi connectivity index (χ1v) is 11.3. The molecule has 0 radical (unpaired) electrons. The van der Waals surface area contributed by atoms with Gasteiger partial charge in [0.2, 0.25) is 0 Å². The summed E-state index contributed by atoms with van der Waals surface area (Å²) in [7, 11) is 0. The molecule has 0 saturated carbocycles. The highest BCUT2D eigenvalue weighted by atomic mass is 32.1. The zero-order valence-corrected chi connectivity index (χ0v) is 17.7. The molecule has 2 aliphatic heterocycles. The molecule has 6 heterocycles. The standard InChI is InChI=1S/C21H21N7O2S/c29-20(16-2-1-3-17-22-14-25-28(16)17)26-7-5-21(6-8-26)12-27(9-10-30-21)18-15-4-11-31-19(15)24-13-23-18/h1-4,11,13-14H,5-10,12H2. The van der Waals surface area contributed by atoms with Crippen molar-refractivity contribution in [1.29, 1.82) is 0 Å². The SMILES string of the molecule is O=C(c1cccc2ncnn12)N1CCC2(CC1)CN(c1ncnc3sccc13)CCO2. The van der Waals surface area contributed by atoms with E-state index in [1.807, 2.05) is 17.0 Å². The van der Waals surface area contributed by atoms with Gasteiger partial charge in [0.15, 0.2) is 5.65 Å². The van der Waals surface area contributed by atoms with Gasteiger partial charge in [-0.2, -0.15) is 5.10 Å². The highest BCUT2D eigenvalue weighted by Gasteiger charge is 2.41. The van der Waals surface area contributed by atoms with Crippen LogP contribution >= 0.6 is 11.3 Å². The van der Waals surface area contributed by atoms with Crippen molar-refractivity contribution < 1.29 is 9.53 Å². The molecule has 0 N–H and O–H groups in total. The number of anilines is 1. The maximum Gasteiger partial charge on any atom is 0.272 e. The third-order valence-electron chi connectivity index (χ3n) is 6.27. The van der Waals surface area contributed by atoms with Crippen molar-refractivity contribution in [3.8, 4) is 0 Å². The van der Waals surface area contributed by atoms with Crippen LogP contribution in [-0.4, -0.2) is 73.8 Å². The third kappa shape index (κ3) is 3.14. The maximum atomic E-state index is 13.2. The van der Waals surface area contributed by atoms with Crippen LogP contribution in [0.2, 0.25) is 0 Å². The Morgan fingerprint density at radius 1 is 1.06 bits per heavy atom. The van der Waals surface area contributed by atoms with Crippen LogP contribution in [0, 0.1) is 0 Å². The molecule has 1 amide bonds. The van der Waals surface area contributed by atoms with E-state index in [-0.39, 0.29) is 11.5 Å². The van der Waals surface area contributed by atoms with Crippen molar-refractivity contribution in [3.63, 3.8) is 0 Å². The fourth-order valence-corrected chi connectivity index (χ4v) is 5.37. The highest BCUT2D eigenvalue weighted by molar-refractivity contribution is 7.16. The molecule has 0 unspecified atom stereocenters. The van der Waals surface area contributed by atoms with Crippen LogP contribution in [0.25, 0.3) is 15.9 Å². The second-order valence-corrected chi connectivity index (χ2v) is 8.92. The van der Waals surface area contributed by atoms with E-state index < -0.39 is 0 Å². The zero-order chi connectivity index (χ0) is 20.8. The number of thiophene rings is 1. The average molecular weight is 436 g/mol. The first kappa shape index (κ1) is 18.6. The van der Waals surface area contributed by atoms with Crippen molar-refractivity contribution in [1.82, 2.24) is 29.5 Å². The number of ether oxygens (including phenoxy) is 1. The van der Waals surface area contributed by atoms with Crippen LogP contribution in [0.3, 0.4) is 0 Å². The lowest BCUT2D eigenvalue weighted by molar-refractivity contribution is -0.0870. The van der Waals surface area contributed by atoms with Gasteiger partial charge in [-0.1, -0.05) is 6.07 Å². The van der Waals surface area contributed by atoms with Crippen molar-refractivity contribution in [2.24, 2.45) is 0 Å². The van der Waals surface area contributed by atoms with Gasteiger partial charge in [-0.3, -0.25) is 4.79 Å². The van der Waals surface area contributed by atoms with E-state index in [0.717, 1.165) is 42.0 Å². The van der Waals surface area contributed by atoms with Gasteiger partial charge in [0, 0.05) is 26.2 Å². The number of fused-ring (bicyclic) bond motifs is 2.